The minimum atomic E-state index is 0.197. The summed E-state index contributed by atoms with van der Waals surface area (Å²) in [6, 6.07) is 8.41. The largest absolute Gasteiger partial charge is 0.330 e. The lowest BCUT2D eigenvalue weighted by Gasteiger charge is -2.29. The van der Waals surface area contributed by atoms with Gasteiger partial charge in [0.25, 0.3) is 0 Å². The lowest BCUT2D eigenvalue weighted by atomic mass is 9.93. The summed E-state index contributed by atoms with van der Waals surface area (Å²) >= 11 is 3.58. The molecule has 0 aliphatic carbocycles. The van der Waals surface area contributed by atoms with Crippen molar-refractivity contribution in [1.82, 2.24) is 4.90 Å². The SMILES string of the molecule is CN(CCc1ccccc1Br)CC(C)(C)CN. The van der Waals surface area contributed by atoms with E-state index >= 15 is 0 Å². The van der Waals surface area contributed by atoms with Crippen LogP contribution in [-0.2, 0) is 6.42 Å². The zero-order valence-corrected chi connectivity index (χ0v) is 12.6. The van der Waals surface area contributed by atoms with Gasteiger partial charge in [-0.15, -0.1) is 0 Å². The highest BCUT2D eigenvalue weighted by atomic mass is 79.9. The Labute approximate surface area is 113 Å². The maximum absolute atomic E-state index is 5.75. The highest BCUT2D eigenvalue weighted by Gasteiger charge is 2.17. The van der Waals surface area contributed by atoms with Crippen LogP contribution in [0.4, 0.5) is 0 Å². The molecule has 1 aromatic carbocycles. The zero-order valence-electron chi connectivity index (χ0n) is 11.0. The molecule has 96 valence electrons. The topological polar surface area (TPSA) is 29.3 Å². The highest BCUT2D eigenvalue weighted by molar-refractivity contribution is 9.10. The third-order valence-corrected chi connectivity index (χ3v) is 3.74. The molecule has 1 rings (SSSR count). The number of halogens is 1. The van der Waals surface area contributed by atoms with Gasteiger partial charge in [0.2, 0.25) is 0 Å². The van der Waals surface area contributed by atoms with E-state index in [4.69, 9.17) is 5.73 Å². The van der Waals surface area contributed by atoms with Gasteiger partial charge >= 0.3 is 0 Å². The standard InChI is InChI=1S/C14H23BrN2/c1-14(2,10-16)11-17(3)9-8-12-6-4-5-7-13(12)15/h4-7H,8-11,16H2,1-3H3. The summed E-state index contributed by atoms with van der Waals surface area (Å²) in [5.74, 6) is 0. The molecule has 0 bridgehead atoms. The third kappa shape index (κ3) is 5.19. The lowest BCUT2D eigenvalue weighted by Crippen LogP contribution is -2.37. The van der Waals surface area contributed by atoms with Crippen molar-refractivity contribution in [2.75, 3.05) is 26.7 Å². The van der Waals surface area contributed by atoms with Gasteiger partial charge in [0.05, 0.1) is 0 Å². The first-order valence-electron chi connectivity index (χ1n) is 6.06. The molecule has 0 atom stereocenters. The van der Waals surface area contributed by atoms with Crippen LogP contribution in [0.2, 0.25) is 0 Å². The Morgan fingerprint density at radius 2 is 1.94 bits per heavy atom. The van der Waals surface area contributed by atoms with Crippen molar-refractivity contribution in [3.63, 3.8) is 0 Å². The van der Waals surface area contributed by atoms with E-state index in [1.54, 1.807) is 0 Å². The van der Waals surface area contributed by atoms with Crippen LogP contribution in [0.1, 0.15) is 19.4 Å². The maximum atomic E-state index is 5.75. The number of hydrogen-bond acceptors (Lipinski definition) is 2. The van der Waals surface area contributed by atoms with Crippen LogP contribution in [0, 0.1) is 5.41 Å². The van der Waals surface area contributed by atoms with Crippen molar-refractivity contribution in [3.05, 3.63) is 34.3 Å². The van der Waals surface area contributed by atoms with Gasteiger partial charge in [-0.05, 0) is 37.1 Å². The fraction of sp³-hybridized carbons (Fsp3) is 0.571. The molecule has 0 aliphatic heterocycles. The van der Waals surface area contributed by atoms with Crippen LogP contribution in [-0.4, -0.2) is 31.6 Å². The van der Waals surface area contributed by atoms with Crippen LogP contribution >= 0.6 is 15.9 Å². The molecule has 0 heterocycles. The minimum Gasteiger partial charge on any atom is -0.330 e. The molecule has 0 saturated heterocycles. The molecule has 0 saturated carbocycles. The molecule has 0 unspecified atom stereocenters. The molecule has 0 spiro atoms. The summed E-state index contributed by atoms with van der Waals surface area (Å²) in [6.07, 6.45) is 1.07. The van der Waals surface area contributed by atoms with Crippen molar-refractivity contribution >= 4 is 15.9 Å². The van der Waals surface area contributed by atoms with E-state index in [0.29, 0.717) is 0 Å². The first-order valence-corrected chi connectivity index (χ1v) is 6.86. The number of nitrogens with zero attached hydrogens (tertiary/aromatic N) is 1. The minimum absolute atomic E-state index is 0.197. The average molecular weight is 299 g/mol. The fourth-order valence-electron chi connectivity index (χ4n) is 1.89. The number of likely N-dealkylation sites (N-methyl/N-ethyl adjacent to an activating group) is 1. The molecular formula is C14H23BrN2. The van der Waals surface area contributed by atoms with Crippen LogP contribution in [0.25, 0.3) is 0 Å². The summed E-state index contributed by atoms with van der Waals surface area (Å²) in [7, 11) is 2.16. The van der Waals surface area contributed by atoms with Gasteiger partial charge < -0.3 is 10.6 Å². The first-order chi connectivity index (χ1) is 7.94. The highest BCUT2D eigenvalue weighted by Crippen LogP contribution is 2.18. The number of rotatable bonds is 6. The van der Waals surface area contributed by atoms with Crippen LogP contribution in [0.5, 0.6) is 0 Å². The molecule has 0 aromatic heterocycles. The molecule has 0 amide bonds. The molecule has 17 heavy (non-hydrogen) atoms. The van der Waals surface area contributed by atoms with Crippen LogP contribution in [0.15, 0.2) is 28.7 Å². The Kier molecular flexibility index (Phi) is 5.63. The van der Waals surface area contributed by atoms with E-state index in [2.05, 4.69) is 66.0 Å². The van der Waals surface area contributed by atoms with Crippen molar-refractivity contribution < 1.29 is 0 Å². The molecule has 3 heteroatoms. The molecular weight excluding hydrogens is 276 g/mol. The van der Waals surface area contributed by atoms with Gasteiger partial charge in [0.15, 0.2) is 0 Å². The summed E-state index contributed by atoms with van der Waals surface area (Å²) in [6.45, 7) is 7.25. The Bertz CT molecular complexity index is 350. The lowest BCUT2D eigenvalue weighted by molar-refractivity contribution is 0.217. The normalized spacial score (nSPS) is 12.1. The van der Waals surface area contributed by atoms with E-state index in [-0.39, 0.29) is 5.41 Å². The van der Waals surface area contributed by atoms with Crippen molar-refractivity contribution in [2.45, 2.75) is 20.3 Å². The number of benzene rings is 1. The van der Waals surface area contributed by atoms with E-state index in [0.717, 1.165) is 26.1 Å². The Balaban J connectivity index is 2.44. The Hall–Kier alpha value is -0.380. The fourth-order valence-corrected chi connectivity index (χ4v) is 2.37. The second-order valence-electron chi connectivity index (χ2n) is 5.45. The predicted molar refractivity (Wildman–Crippen MR) is 78.2 cm³/mol. The monoisotopic (exact) mass is 298 g/mol. The van der Waals surface area contributed by atoms with E-state index in [1.165, 1.54) is 10.0 Å². The van der Waals surface area contributed by atoms with Crippen LogP contribution < -0.4 is 5.73 Å². The molecule has 0 fully saturated rings. The van der Waals surface area contributed by atoms with Gasteiger partial charge in [0.1, 0.15) is 0 Å². The molecule has 1 aromatic rings. The van der Waals surface area contributed by atoms with Gasteiger partial charge in [-0.1, -0.05) is 48.0 Å². The summed E-state index contributed by atoms with van der Waals surface area (Å²) in [5, 5.41) is 0. The van der Waals surface area contributed by atoms with Gasteiger partial charge in [-0.3, -0.25) is 0 Å². The van der Waals surface area contributed by atoms with E-state index in [9.17, 15) is 0 Å². The molecule has 2 N–H and O–H groups in total. The summed E-state index contributed by atoms with van der Waals surface area (Å²) in [4.78, 5) is 2.35. The second kappa shape index (κ2) is 6.53. The van der Waals surface area contributed by atoms with Gasteiger partial charge in [0, 0.05) is 17.6 Å². The van der Waals surface area contributed by atoms with Crippen molar-refractivity contribution in [1.29, 1.82) is 0 Å². The molecule has 0 aliphatic rings. The van der Waals surface area contributed by atoms with E-state index in [1.807, 2.05) is 0 Å². The second-order valence-corrected chi connectivity index (χ2v) is 6.30. The first kappa shape index (κ1) is 14.7. The molecule has 2 nitrogen and oxygen atoms in total. The molecule has 0 radical (unpaired) electrons. The average Bonchev–Trinajstić information content (AvgIpc) is 2.27. The smallest absolute Gasteiger partial charge is 0.0207 e. The third-order valence-electron chi connectivity index (χ3n) is 2.97. The quantitative estimate of drug-likeness (QED) is 0.875. The number of hydrogen-bond donors (Lipinski definition) is 1. The van der Waals surface area contributed by atoms with Crippen molar-refractivity contribution in [2.24, 2.45) is 11.1 Å². The number of nitrogens with two attached hydrogens (primary N) is 1. The predicted octanol–water partition coefficient (Wildman–Crippen LogP) is 2.91. The maximum Gasteiger partial charge on any atom is 0.0207 e. The zero-order chi connectivity index (χ0) is 12.9. The summed E-state index contributed by atoms with van der Waals surface area (Å²) in [5.41, 5.74) is 7.31. The van der Waals surface area contributed by atoms with Crippen LogP contribution in [0.3, 0.4) is 0 Å². The Morgan fingerprint density at radius 1 is 1.29 bits per heavy atom. The van der Waals surface area contributed by atoms with E-state index < -0.39 is 0 Å². The van der Waals surface area contributed by atoms with Gasteiger partial charge in [-0.2, -0.15) is 0 Å². The van der Waals surface area contributed by atoms with Gasteiger partial charge in [-0.25, -0.2) is 0 Å². The Morgan fingerprint density at radius 3 is 2.53 bits per heavy atom. The van der Waals surface area contributed by atoms with Crippen molar-refractivity contribution in [3.8, 4) is 0 Å². The summed E-state index contributed by atoms with van der Waals surface area (Å²) < 4.78 is 1.20.